The Balaban J connectivity index is 1.89. The molecule has 1 aromatic rings. The largest absolute Gasteiger partial charge is 0.394 e. The molecule has 0 radical (unpaired) electrons. The van der Waals surface area contributed by atoms with Crippen LogP contribution < -0.4 is 4.90 Å². The van der Waals surface area contributed by atoms with Crippen LogP contribution in [0.1, 0.15) is 46.5 Å². The maximum atomic E-state index is 14.7. The second-order valence-corrected chi connectivity index (χ2v) is 12.1. The fraction of sp³-hybridized carbons (Fsp3) is 0.581. The molecule has 8 nitrogen and oxygen atoms in total. The second kappa shape index (κ2) is 11.7. The number of halogens is 1. The van der Waals surface area contributed by atoms with E-state index >= 15 is 0 Å². The molecule has 3 aliphatic rings. The van der Waals surface area contributed by atoms with Gasteiger partial charge in [0.05, 0.1) is 40.8 Å². The first kappa shape index (κ1) is 30.3. The van der Waals surface area contributed by atoms with Gasteiger partial charge in [0.1, 0.15) is 11.6 Å². The van der Waals surface area contributed by atoms with Crippen LogP contribution in [-0.4, -0.2) is 82.7 Å². The molecule has 0 aliphatic carbocycles. The summed E-state index contributed by atoms with van der Waals surface area (Å²) in [7, 11) is 1.70. The van der Waals surface area contributed by atoms with Crippen molar-refractivity contribution in [1.82, 2.24) is 9.80 Å². The summed E-state index contributed by atoms with van der Waals surface area (Å²) < 4.78 is 6.89. The molecule has 0 saturated carbocycles. The molecule has 1 spiro atoms. The predicted molar refractivity (Wildman–Crippen MR) is 156 cm³/mol. The minimum atomic E-state index is -1.20. The van der Waals surface area contributed by atoms with E-state index in [1.165, 1.54) is 4.90 Å². The number of para-hydroxylation sites is 1. The highest BCUT2D eigenvalue weighted by Crippen LogP contribution is 2.65. The number of anilines is 1. The van der Waals surface area contributed by atoms with E-state index in [0.717, 1.165) is 0 Å². The van der Waals surface area contributed by atoms with Crippen molar-refractivity contribution in [3.63, 3.8) is 0 Å². The molecular formula is C31H42ClN3O5. The lowest BCUT2D eigenvalue weighted by atomic mass is 9.64. The number of ether oxygens (including phenoxy) is 1. The van der Waals surface area contributed by atoms with Crippen LogP contribution >= 0.6 is 11.6 Å². The first-order valence-corrected chi connectivity index (χ1v) is 14.6. The SMILES string of the molecule is C=CCN(C)C(=O)[C@H]1[C@H]2C(=O)N([C@@H](CO)CC(C)C)C(C(=O)N(CC=C)c3ccccc3Cl)C23CC[C@]1(CC)O3. The van der Waals surface area contributed by atoms with Gasteiger partial charge in [-0.15, -0.1) is 13.2 Å². The molecular weight excluding hydrogens is 530 g/mol. The number of carbonyl (C=O) groups is 3. The Morgan fingerprint density at radius 1 is 1.20 bits per heavy atom. The number of nitrogens with zero attached hydrogens (tertiary/aromatic N) is 3. The lowest BCUT2D eigenvalue weighted by Gasteiger charge is -2.40. The van der Waals surface area contributed by atoms with Gasteiger partial charge in [-0.3, -0.25) is 14.4 Å². The number of benzene rings is 1. The molecule has 3 fully saturated rings. The van der Waals surface area contributed by atoms with E-state index in [1.54, 1.807) is 53.3 Å². The van der Waals surface area contributed by atoms with Gasteiger partial charge in [-0.05, 0) is 43.7 Å². The minimum absolute atomic E-state index is 0.155. The van der Waals surface area contributed by atoms with Crippen molar-refractivity contribution >= 4 is 35.0 Å². The number of rotatable bonds is 12. The number of carbonyl (C=O) groups excluding carboxylic acids is 3. The molecule has 3 heterocycles. The average molecular weight is 572 g/mol. The standard InChI is InChI=1S/C31H42ClN3O5/c1-7-16-33(6)27(37)24-25-28(38)35(21(19-36)18-20(4)5)26(31(25)15-14-30(24,9-3)40-31)29(39)34(17-8-2)23-13-11-10-12-22(23)32/h7-8,10-13,20-21,24-26,36H,1-2,9,14-19H2,3-6H3/t21-,24-,25+,26?,30+,31?/m1/s1. The molecule has 2 unspecified atom stereocenters. The van der Waals surface area contributed by atoms with Crippen LogP contribution in [0.25, 0.3) is 0 Å². The van der Waals surface area contributed by atoms with Crippen molar-refractivity contribution in [3.05, 3.63) is 54.6 Å². The van der Waals surface area contributed by atoms with Crippen LogP contribution in [0.5, 0.6) is 0 Å². The van der Waals surface area contributed by atoms with Gasteiger partial charge in [0.15, 0.2) is 0 Å². The Kier molecular flexibility index (Phi) is 8.83. The van der Waals surface area contributed by atoms with E-state index in [2.05, 4.69) is 13.2 Å². The van der Waals surface area contributed by atoms with Gasteiger partial charge in [-0.2, -0.15) is 0 Å². The quantitative estimate of drug-likeness (QED) is 0.382. The Morgan fingerprint density at radius 2 is 1.88 bits per heavy atom. The van der Waals surface area contributed by atoms with Crippen LogP contribution in [0.15, 0.2) is 49.6 Å². The van der Waals surface area contributed by atoms with Gasteiger partial charge < -0.3 is 24.5 Å². The zero-order valence-corrected chi connectivity index (χ0v) is 24.8. The molecule has 40 heavy (non-hydrogen) atoms. The lowest BCUT2D eigenvalue weighted by Crippen LogP contribution is -2.59. The van der Waals surface area contributed by atoms with Crippen molar-refractivity contribution in [2.24, 2.45) is 17.8 Å². The van der Waals surface area contributed by atoms with E-state index in [-0.39, 0.29) is 36.8 Å². The molecule has 3 aliphatic heterocycles. The summed E-state index contributed by atoms with van der Waals surface area (Å²) in [6.45, 7) is 13.8. The monoisotopic (exact) mass is 571 g/mol. The average Bonchev–Trinajstić information content (AvgIpc) is 3.53. The number of hydrogen-bond acceptors (Lipinski definition) is 5. The third-order valence-corrected chi connectivity index (χ3v) is 9.29. The molecule has 3 amide bonds. The fourth-order valence-electron chi connectivity index (χ4n) is 7.30. The van der Waals surface area contributed by atoms with Crippen molar-refractivity contribution in [2.75, 3.05) is 31.6 Å². The molecule has 1 aromatic carbocycles. The van der Waals surface area contributed by atoms with Gasteiger partial charge in [0.25, 0.3) is 5.91 Å². The molecule has 218 valence electrons. The predicted octanol–water partition coefficient (Wildman–Crippen LogP) is 4.07. The molecule has 1 N–H and O–H groups in total. The first-order chi connectivity index (χ1) is 19.0. The summed E-state index contributed by atoms with van der Waals surface area (Å²) in [5, 5.41) is 10.9. The van der Waals surface area contributed by atoms with Crippen molar-refractivity contribution in [1.29, 1.82) is 0 Å². The van der Waals surface area contributed by atoms with Crippen molar-refractivity contribution in [2.45, 2.75) is 69.7 Å². The fourth-order valence-corrected chi connectivity index (χ4v) is 7.54. The van der Waals surface area contributed by atoms with Gasteiger partial charge in [-0.1, -0.05) is 56.7 Å². The van der Waals surface area contributed by atoms with Crippen LogP contribution in [0.2, 0.25) is 5.02 Å². The van der Waals surface area contributed by atoms with Crippen molar-refractivity contribution in [3.8, 4) is 0 Å². The maximum Gasteiger partial charge on any atom is 0.253 e. The molecule has 4 rings (SSSR count). The number of hydrogen-bond donors (Lipinski definition) is 1. The third kappa shape index (κ3) is 4.68. The molecule has 9 heteroatoms. The zero-order chi connectivity index (χ0) is 29.4. The normalized spacial score (nSPS) is 29.4. The van der Waals surface area contributed by atoms with Gasteiger partial charge in [0.2, 0.25) is 11.8 Å². The van der Waals surface area contributed by atoms with E-state index in [9.17, 15) is 19.5 Å². The zero-order valence-electron chi connectivity index (χ0n) is 24.0. The Bertz CT molecular complexity index is 1170. The summed E-state index contributed by atoms with van der Waals surface area (Å²) in [5.74, 6) is -2.28. The number of fused-ring (bicyclic) bond motifs is 1. The van der Waals surface area contributed by atoms with E-state index in [0.29, 0.717) is 42.9 Å². The smallest absolute Gasteiger partial charge is 0.253 e. The topological polar surface area (TPSA) is 90.4 Å². The van der Waals surface area contributed by atoms with Gasteiger partial charge in [0, 0.05) is 20.1 Å². The second-order valence-electron chi connectivity index (χ2n) is 11.7. The molecule has 0 aromatic heterocycles. The van der Waals surface area contributed by atoms with E-state index in [4.69, 9.17) is 16.3 Å². The number of aliphatic hydroxyl groups excluding tert-OH is 1. The Morgan fingerprint density at radius 3 is 2.45 bits per heavy atom. The molecule has 6 atom stereocenters. The number of amides is 3. The highest BCUT2D eigenvalue weighted by atomic mass is 35.5. The summed E-state index contributed by atoms with van der Waals surface area (Å²) >= 11 is 6.55. The van der Waals surface area contributed by atoms with E-state index in [1.807, 2.05) is 20.8 Å². The summed E-state index contributed by atoms with van der Waals surface area (Å²) in [6, 6.07) is 5.41. The highest BCUT2D eigenvalue weighted by Gasteiger charge is 2.79. The first-order valence-electron chi connectivity index (χ1n) is 14.2. The van der Waals surface area contributed by atoms with Crippen LogP contribution in [-0.2, 0) is 19.1 Å². The summed E-state index contributed by atoms with van der Waals surface area (Å²) in [4.78, 5) is 47.8. The number of likely N-dealkylation sites (N-methyl/N-ethyl adjacent to an activating group) is 1. The summed E-state index contributed by atoms with van der Waals surface area (Å²) in [6.07, 6.45) is 5.32. The number of likely N-dealkylation sites (tertiary alicyclic amines) is 1. The van der Waals surface area contributed by atoms with Crippen LogP contribution in [0, 0.1) is 17.8 Å². The van der Waals surface area contributed by atoms with Crippen molar-refractivity contribution < 1.29 is 24.2 Å². The lowest BCUT2D eigenvalue weighted by molar-refractivity contribution is -0.153. The third-order valence-electron chi connectivity index (χ3n) is 8.97. The van der Waals surface area contributed by atoms with Gasteiger partial charge >= 0.3 is 0 Å². The van der Waals surface area contributed by atoms with Crippen LogP contribution in [0.3, 0.4) is 0 Å². The molecule has 2 bridgehead atoms. The van der Waals surface area contributed by atoms with Crippen LogP contribution in [0.4, 0.5) is 5.69 Å². The Labute approximate surface area is 242 Å². The molecule has 3 saturated heterocycles. The van der Waals surface area contributed by atoms with E-state index < -0.39 is 35.1 Å². The number of aliphatic hydroxyl groups is 1. The maximum absolute atomic E-state index is 14.7. The highest BCUT2D eigenvalue weighted by molar-refractivity contribution is 6.34. The van der Waals surface area contributed by atoms with Gasteiger partial charge in [-0.25, -0.2) is 0 Å². The Hall–Kier alpha value is -2.68. The minimum Gasteiger partial charge on any atom is -0.394 e. The summed E-state index contributed by atoms with van der Waals surface area (Å²) in [5.41, 5.74) is -1.55.